The molecule has 0 amide bonds. The molecule has 0 spiro atoms. The molecule has 1 saturated carbocycles. The van der Waals surface area contributed by atoms with E-state index in [1.807, 2.05) is 20.8 Å². The Balaban J connectivity index is 2.14. The fourth-order valence-corrected chi connectivity index (χ4v) is 1.39. The summed E-state index contributed by atoms with van der Waals surface area (Å²) >= 11 is 0. The molecule has 0 N–H and O–H groups in total. The summed E-state index contributed by atoms with van der Waals surface area (Å²) < 4.78 is 16.6. The fraction of sp³-hybridized carbons (Fsp3) is 0.615. The lowest BCUT2D eigenvalue weighted by atomic mass is 10.2. The SMILES string of the molecule is COc1cc(OC(C)(C)C)ncc1OC1CC1. The van der Waals surface area contributed by atoms with E-state index in [-0.39, 0.29) is 5.60 Å². The standard InChI is InChI=1S/C13H19NO3/c1-13(2,3)17-12-7-10(15-4)11(8-14-12)16-9-5-6-9/h7-9H,5-6H2,1-4H3. The van der Waals surface area contributed by atoms with Crippen LogP contribution < -0.4 is 14.2 Å². The van der Waals surface area contributed by atoms with E-state index in [9.17, 15) is 0 Å². The van der Waals surface area contributed by atoms with Gasteiger partial charge in [-0.05, 0) is 33.6 Å². The lowest BCUT2D eigenvalue weighted by molar-refractivity contribution is 0.123. The molecule has 0 saturated heterocycles. The molecule has 94 valence electrons. The second-order valence-electron chi connectivity index (χ2n) is 5.21. The average Bonchev–Trinajstić information content (AvgIpc) is 3.02. The molecule has 1 aromatic rings. The molecule has 4 heteroatoms. The van der Waals surface area contributed by atoms with Gasteiger partial charge in [0.25, 0.3) is 0 Å². The van der Waals surface area contributed by atoms with Gasteiger partial charge in [0.2, 0.25) is 5.88 Å². The topological polar surface area (TPSA) is 40.6 Å². The highest BCUT2D eigenvalue weighted by molar-refractivity contribution is 5.41. The van der Waals surface area contributed by atoms with E-state index in [1.165, 1.54) is 0 Å². The number of ether oxygens (including phenoxy) is 3. The lowest BCUT2D eigenvalue weighted by Crippen LogP contribution is -2.23. The van der Waals surface area contributed by atoms with Crippen molar-refractivity contribution in [1.82, 2.24) is 4.98 Å². The zero-order chi connectivity index (χ0) is 12.5. The second-order valence-corrected chi connectivity index (χ2v) is 5.21. The van der Waals surface area contributed by atoms with Crippen LogP contribution in [-0.2, 0) is 0 Å². The van der Waals surface area contributed by atoms with Gasteiger partial charge in [-0.1, -0.05) is 0 Å². The Hall–Kier alpha value is -1.45. The molecule has 1 aliphatic rings. The van der Waals surface area contributed by atoms with Crippen molar-refractivity contribution < 1.29 is 14.2 Å². The molecule has 0 atom stereocenters. The Bertz CT molecular complexity index is 394. The summed E-state index contributed by atoms with van der Waals surface area (Å²) in [4.78, 5) is 4.23. The molecule has 0 aliphatic heterocycles. The van der Waals surface area contributed by atoms with Gasteiger partial charge in [0.05, 0.1) is 19.4 Å². The summed E-state index contributed by atoms with van der Waals surface area (Å²) in [5.74, 6) is 1.92. The molecule has 0 radical (unpaired) electrons. The van der Waals surface area contributed by atoms with Crippen molar-refractivity contribution in [1.29, 1.82) is 0 Å². The predicted octanol–water partition coefficient (Wildman–Crippen LogP) is 2.81. The number of methoxy groups -OCH3 is 1. The van der Waals surface area contributed by atoms with Crippen LogP contribution in [-0.4, -0.2) is 23.8 Å². The first-order chi connectivity index (χ1) is 7.98. The molecule has 2 rings (SSSR count). The van der Waals surface area contributed by atoms with Crippen LogP contribution >= 0.6 is 0 Å². The quantitative estimate of drug-likeness (QED) is 0.807. The predicted molar refractivity (Wildman–Crippen MR) is 64.8 cm³/mol. The Morgan fingerprint density at radius 1 is 1.24 bits per heavy atom. The van der Waals surface area contributed by atoms with Crippen molar-refractivity contribution in [2.75, 3.05) is 7.11 Å². The van der Waals surface area contributed by atoms with Gasteiger partial charge in [0, 0.05) is 6.07 Å². The molecule has 0 aromatic carbocycles. The van der Waals surface area contributed by atoms with Crippen LogP contribution in [0.3, 0.4) is 0 Å². The van der Waals surface area contributed by atoms with E-state index in [0.717, 1.165) is 12.8 Å². The molecule has 17 heavy (non-hydrogen) atoms. The first kappa shape index (κ1) is 12.0. The number of aromatic nitrogens is 1. The van der Waals surface area contributed by atoms with Crippen molar-refractivity contribution in [3.05, 3.63) is 12.3 Å². The van der Waals surface area contributed by atoms with Crippen LogP contribution in [0.25, 0.3) is 0 Å². The van der Waals surface area contributed by atoms with Crippen LogP contribution in [0, 0.1) is 0 Å². The Labute approximate surface area is 102 Å². The summed E-state index contributed by atoms with van der Waals surface area (Å²) in [6.45, 7) is 5.95. The zero-order valence-electron chi connectivity index (χ0n) is 10.8. The fourth-order valence-electron chi connectivity index (χ4n) is 1.39. The maximum Gasteiger partial charge on any atom is 0.217 e. The summed E-state index contributed by atoms with van der Waals surface area (Å²) in [6, 6.07) is 1.77. The zero-order valence-corrected chi connectivity index (χ0v) is 10.8. The van der Waals surface area contributed by atoms with Crippen LogP contribution in [0.4, 0.5) is 0 Å². The van der Waals surface area contributed by atoms with Gasteiger partial charge in [-0.15, -0.1) is 0 Å². The molecule has 0 bridgehead atoms. The minimum Gasteiger partial charge on any atom is -0.493 e. The number of hydrogen-bond donors (Lipinski definition) is 0. The highest BCUT2D eigenvalue weighted by Gasteiger charge is 2.25. The number of nitrogens with zero attached hydrogens (tertiary/aromatic N) is 1. The van der Waals surface area contributed by atoms with Crippen molar-refractivity contribution in [3.63, 3.8) is 0 Å². The largest absolute Gasteiger partial charge is 0.493 e. The molecular weight excluding hydrogens is 218 g/mol. The first-order valence-electron chi connectivity index (χ1n) is 5.87. The van der Waals surface area contributed by atoms with Gasteiger partial charge >= 0.3 is 0 Å². The summed E-state index contributed by atoms with van der Waals surface area (Å²) in [5.41, 5.74) is -0.267. The minimum absolute atomic E-state index is 0.267. The van der Waals surface area contributed by atoms with Gasteiger partial charge < -0.3 is 14.2 Å². The average molecular weight is 237 g/mol. The smallest absolute Gasteiger partial charge is 0.217 e. The summed E-state index contributed by atoms with van der Waals surface area (Å²) in [6.07, 6.45) is 4.23. The highest BCUT2D eigenvalue weighted by atomic mass is 16.5. The van der Waals surface area contributed by atoms with Crippen LogP contribution in [0.1, 0.15) is 33.6 Å². The highest BCUT2D eigenvalue weighted by Crippen LogP contribution is 2.35. The van der Waals surface area contributed by atoms with E-state index in [1.54, 1.807) is 19.4 Å². The van der Waals surface area contributed by atoms with E-state index in [2.05, 4.69) is 4.98 Å². The monoisotopic (exact) mass is 237 g/mol. The van der Waals surface area contributed by atoms with Crippen molar-refractivity contribution >= 4 is 0 Å². The Kier molecular flexibility index (Phi) is 3.13. The van der Waals surface area contributed by atoms with E-state index in [4.69, 9.17) is 14.2 Å². The van der Waals surface area contributed by atoms with Gasteiger partial charge in [-0.25, -0.2) is 4.98 Å². The van der Waals surface area contributed by atoms with E-state index < -0.39 is 0 Å². The number of hydrogen-bond acceptors (Lipinski definition) is 4. The van der Waals surface area contributed by atoms with Crippen molar-refractivity contribution in [2.24, 2.45) is 0 Å². The molecule has 0 unspecified atom stereocenters. The molecule has 1 aromatic heterocycles. The van der Waals surface area contributed by atoms with Crippen molar-refractivity contribution in [3.8, 4) is 17.4 Å². The van der Waals surface area contributed by atoms with Gasteiger partial charge in [-0.2, -0.15) is 0 Å². The first-order valence-corrected chi connectivity index (χ1v) is 5.87. The van der Waals surface area contributed by atoms with Gasteiger partial charge in [-0.3, -0.25) is 0 Å². The maximum absolute atomic E-state index is 5.69. The normalized spacial score (nSPS) is 15.5. The molecule has 1 fully saturated rings. The number of rotatable bonds is 4. The maximum atomic E-state index is 5.69. The third-order valence-corrected chi connectivity index (χ3v) is 2.26. The van der Waals surface area contributed by atoms with Gasteiger partial charge in [0.15, 0.2) is 11.5 Å². The van der Waals surface area contributed by atoms with Crippen LogP contribution in [0.5, 0.6) is 17.4 Å². The third kappa shape index (κ3) is 3.51. The van der Waals surface area contributed by atoms with E-state index >= 15 is 0 Å². The molecule has 4 nitrogen and oxygen atoms in total. The second kappa shape index (κ2) is 4.43. The molecule has 1 aliphatic carbocycles. The van der Waals surface area contributed by atoms with Crippen LogP contribution in [0.2, 0.25) is 0 Å². The third-order valence-electron chi connectivity index (χ3n) is 2.26. The summed E-state index contributed by atoms with van der Waals surface area (Å²) in [7, 11) is 1.62. The van der Waals surface area contributed by atoms with E-state index in [0.29, 0.717) is 23.5 Å². The van der Waals surface area contributed by atoms with Gasteiger partial charge in [0.1, 0.15) is 5.60 Å². The Morgan fingerprint density at radius 3 is 2.47 bits per heavy atom. The minimum atomic E-state index is -0.267. The molecule has 1 heterocycles. The molecular formula is C13H19NO3. The Morgan fingerprint density at radius 2 is 1.94 bits per heavy atom. The van der Waals surface area contributed by atoms with Crippen LogP contribution in [0.15, 0.2) is 12.3 Å². The summed E-state index contributed by atoms with van der Waals surface area (Å²) in [5, 5.41) is 0. The number of pyridine rings is 1. The lowest BCUT2D eigenvalue weighted by Gasteiger charge is -2.21. The van der Waals surface area contributed by atoms with Crippen molar-refractivity contribution in [2.45, 2.75) is 45.3 Å².